The molecule has 5 rings (SSSR count). The molecule has 0 fully saturated rings. The number of benzene rings is 3. The molecular weight excluding hydrogens is 454 g/mol. The molecule has 0 spiro atoms. The van der Waals surface area contributed by atoms with Crippen LogP contribution in [0.3, 0.4) is 0 Å². The van der Waals surface area contributed by atoms with Gasteiger partial charge < -0.3 is 19.5 Å². The number of ether oxygens (including phenoxy) is 3. The number of anilines is 1. The van der Waals surface area contributed by atoms with Crippen LogP contribution in [-0.4, -0.2) is 41.5 Å². The first kappa shape index (κ1) is 21.8. The van der Waals surface area contributed by atoms with Crippen LogP contribution in [0.5, 0.6) is 17.2 Å². The number of hydrogen-bond acceptors (Lipinski definition) is 7. The van der Waals surface area contributed by atoms with E-state index < -0.39 is 0 Å². The number of hydrogen-bond donors (Lipinski definition) is 1. The molecule has 9 heteroatoms. The van der Waals surface area contributed by atoms with Crippen molar-refractivity contribution in [3.8, 4) is 22.9 Å². The summed E-state index contributed by atoms with van der Waals surface area (Å²) in [6.45, 7) is 0.971. The van der Waals surface area contributed by atoms with E-state index in [9.17, 15) is 9.59 Å². The number of rotatable bonds is 6. The quantitative estimate of drug-likeness (QED) is 0.334. The van der Waals surface area contributed by atoms with Gasteiger partial charge in [0.25, 0.3) is 5.56 Å². The van der Waals surface area contributed by atoms with Crippen molar-refractivity contribution in [2.75, 3.05) is 31.4 Å². The molecule has 1 amide bonds. The van der Waals surface area contributed by atoms with Crippen molar-refractivity contribution in [2.45, 2.75) is 5.16 Å². The summed E-state index contributed by atoms with van der Waals surface area (Å²) >= 11 is 1.18. The summed E-state index contributed by atoms with van der Waals surface area (Å²) in [6.07, 6.45) is 0. The van der Waals surface area contributed by atoms with Gasteiger partial charge in [0.15, 0.2) is 16.7 Å². The van der Waals surface area contributed by atoms with Crippen LogP contribution >= 0.6 is 11.8 Å². The van der Waals surface area contributed by atoms with E-state index >= 15 is 0 Å². The van der Waals surface area contributed by atoms with Crippen molar-refractivity contribution in [1.29, 1.82) is 0 Å². The highest BCUT2D eigenvalue weighted by Crippen LogP contribution is 2.32. The molecule has 0 unspecified atom stereocenters. The van der Waals surface area contributed by atoms with Crippen LogP contribution in [0.1, 0.15) is 0 Å². The highest BCUT2D eigenvalue weighted by molar-refractivity contribution is 7.99. The smallest absolute Gasteiger partial charge is 0.266 e. The average Bonchev–Trinajstić information content (AvgIpc) is 2.87. The van der Waals surface area contributed by atoms with E-state index in [0.29, 0.717) is 57.9 Å². The van der Waals surface area contributed by atoms with Crippen LogP contribution in [0.15, 0.2) is 76.7 Å². The highest BCUT2D eigenvalue weighted by Gasteiger charge is 2.16. The summed E-state index contributed by atoms with van der Waals surface area (Å²) in [6, 6.07) is 19.6. The standard InChI is InChI=1S/C25H21N3O5S/c1-31-18-6-4-5-17(14-18)28-24(30)19-7-2-3-8-20(19)27-25(28)34-15-23(29)26-16-9-10-21-22(13-16)33-12-11-32-21/h2-10,13-14H,11-12,15H2,1H3,(H,26,29). The minimum absolute atomic E-state index is 0.0587. The fraction of sp³-hybridized carbons (Fsp3) is 0.160. The number of thioether (sulfide) groups is 1. The van der Waals surface area contributed by atoms with Crippen molar-refractivity contribution >= 4 is 34.3 Å². The lowest BCUT2D eigenvalue weighted by atomic mass is 10.2. The van der Waals surface area contributed by atoms with Gasteiger partial charge in [0.1, 0.15) is 19.0 Å². The number of aromatic nitrogens is 2. The van der Waals surface area contributed by atoms with E-state index in [2.05, 4.69) is 10.3 Å². The van der Waals surface area contributed by atoms with E-state index in [-0.39, 0.29) is 17.2 Å². The van der Waals surface area contributed by atoms with Gasteiger partial charge in [-0.3, -0.25) is 14.2 Å². The Morgan fingerprint density at radius 1 is 1.06 bits per heavy atom. The van der Waals surface area contributed by atoms with Crippen LogP contribution in [0.4, 0.5) is 5.69 Å². The van der Waals surface area contributed by atoms with Crippen molar-refractivity contribution in [3.05, 3.63) is 77.1 Å². The van der Waals surface area contributed by atoms with Gasteiger partial charge in [0.2, 0.25) is 5.91 Å². The van der Waals surface area contributed by atoms with Gasteiger partial charge in [-0.15, -0.1) is 0 Å². The van der Waals surface area contributed by atoms with Gasteiger partial charge in [-0.1, -0.05) is 30.0 Å². The molecule has 8 nitrogen and oxygen atoms in total. The van der Waals surface area contributed by atoms with Crippen LogP contribution < -0.4 is 25.1 Å². The molecule has 1 aliphatic heterocycles. The third-order valence-corrected chi connectivity index (χ3v) is 6.15. The summed E-state index contributed by atoms with van der Waals surface area (Å²) in [7, 11) is 1.57. The molecule has 0 radical (unpaired) electrons. The number of carbonyl (C=O) groups excluding carboxylic acids is 1. The average molecular weight is 476 g/mol. The molecule has 0 saturated carbocycles. The van der Waals surface area contributed by atoms with Crippen molar-refractivity contribution in [1.82, 2.24) is 9.55 Å². The molecule has 1 aliphatic rings. The van der Waals surface area contributed by atoms with Crippen LogP contribution in [0, 0.1) is 0 Å². The third kappa shape index (κ3) is 4.42. The Hall–Kier alpha value is -3.98. The predicted molar refractivity (Wildman–Crippen MR) is 131 cm³/mol. The van der Waals surface area contributed by atoms with Crippen LogP contribution in [-0.2, 0) is 4.79 Å². The van der Waals surface area contributed by atoms with Crippen LogP contribution in [0.2, 0.25) is 0 Å². The Morgan fingerprint density at radius 3 is 2.74 bits per heavy atom. The lowest BCUT2D eigenvalue weighted by Crippen LogP contribution is -2.23. The molecule has 0 atom stereocenters. The summed E-state index contributed by atoms with van der Waals surface area (Å²) in [4.78, 5) is 30.7. The Kier molecular flexibility index (Phi) is 6.09. The Bertz CT molecular complexity index is 1440. The maximum atomic E-state index is 13.4. The van der Waals surface area contributed by atoms with Gasteiger partial charge in [-0.25, -0.2) is 4.98 Å². The van der Waals surface area contributed by atoms with Gasteiger partial charge in [0.05, 0.1) is 29.5 Å². The third-order valence-electron chi connectivity index (χ3n) is 5.21. The molecule has 0 saturated heterocycles. The molecule has 1 aromatic heterocycles. The van der Waals surface area contributed by atoms with E-state index in [1.807, 2.05) is 6.07 Å². The second-order valence-electron chi connectivity index (χ2n) is 7.45. The second kappa shape index (κ2) is 9.48. The largest absolute Gasteiger partial charge is 0.497 e. The minimum Gasteiger partial charge on any atom is -0.497 e. The molecule has 172 valence electrons. The van der Waals surface area contributed by atoms with Crippen LogP contribution in [0.25, 0.3) is 16.6 Å². The predicted octanol–water partition coefficient (Wildman–Crippen LogP) is 3.90. The number of nitrogens with one attached hydrogen (secondary N) is 1. The maximum absolute atomic E-state index is 13.4. The first-order valence-electron chi connectivity index (χ1n) is 10.6. The molecule has 4 aromatic rings. The van der Waals surface area contributed by atoms with Crippen molar-refractivity contribution in [2.24, 2.45) is 0 Å². The second-order valence-corrected chi connectivity index (χ2v) is 8.39. The van der Waals surface area contributed by atoms with Gasteiger partial charge in [0, 0.05) is 17.8 Å². The Labute approximate surface area is 199 Å². The number of nitrogens with zero attached hydrogens (tertiary/aromatic N) is 2. The fourth-order valence-electron chi connectivity index (χ4n) is 3.63. The summed E-state index contributed by atoms with van der Waals surface area (Å²) in [5, 5.41) is 3.77. The minimum atomic E-state index is -0.235. The normalized spacial score (nSPS) is 12.4. The number of amides is 1. The van der Waals surface area contributed by atoms with E-state index in [1.165, 1.54) is 16.3 Å². The summed E-state index contributed by atoms with van der Waals surface area (Å²) in [5.41, 5.74) is 1.57. The zero-order valence-corrected chi connectivity index (χ0v) is 19.1. The molecular formula is C25H21N3O5S. The van der Waals surface area contributed by atoms with Gasteiger partial charge >= 0.3 is 0 Å². The highest BCUT2D eigenvalue weighted by atomic mass is 32.2. The Morgan fingerprint density at radius 2 is 1.88 bits per heavy atom. The monoisotopic (exact) mass is 475 g/mol. The summed E-state index contributed by atoms with van der Waals surface area (Å²) in [5.74, 6) is 1.69. The van der Waals surface area contributed by atoms with Gasteiger partial charge in [-0.05, 0) is 36.4 Å². The zero-order valence-electron chi connectivity index (χ0n) is 18.3. The summed E-state index contributed by atoms with van der Waals surface area (Å²) < 4.78 is 17.9. The first-order valence-corrected chi connectivity index (χ1v) is 11.6. The number of para-hydroxylation sites is 1. The zero-order chi connectivity index (χ0) is 23.5. The number of carbonyl (C=O) groups is 1. The lowest BCUT2D eigenvalue weighted by Gasteiger charge is -2.19. The van der Waals surface area contributed by atoms with Crippen molar-refractivity contribution in [3.63, 3.8) is 0 Å². The molecule has 2 heterocycles. The van der Waals surface area contributed by atoms with E-state index in [1.54, 1.807) is 67.8 Å². The SMILES string of the molecule is COc1cccc(-n2c(SCC(=O)Nc3ccc4c(c3)OCCO4)nc3ccccc3c2=O)c1. The molecule has 0 bridgehead atoms. The van der Waals surface area contributed by atoms with E-state index in [4.69, 9.17) is 14.2 Å². The maximum Gasteiger partial charge on any atom is 0.266 e. The fourth-order valence-corrected chi connectivity index (χ4v) is 4.45. The topological polar surface area (TPSA) is 91.7 Å². The van der Waals surface area contributed by atoms with Gasteiger partial charge in [-0.2, -0.15) is 0 Å². The first-order chi connectivity index (χ1) is 16.6. The molecule has 1 N–H and O–H groups in total. The lowest BCUT2D eigenvalue weighted by molar-refractivity contribution is -0.113. The molecule has 3 aromatic carbocycles. The number of methoxy groups -OCH3 is 1. The number of fused-ring (bicyclic) bond motifs is 2. The van der Waals surface area contributed by atoms with Crippen molar-refractivity contribution < 1.29 is 19.0 Å². The molecule has 0 aliphatic carbocycles. The Balaban J connectivity index is 1.42. The van der Waals surface area contributed by atoms with E-state index in [0.717, 1.165) is 0 Å². The molecule has 34 heavy (non-hydrogen) atoms.